The average molecular weight is 312 g/mol. The molecule has 114 valence electrons. The molecule has 0 aromatic heterocycles. The lowest BCUT2D eigenvalue weighted by Crippen LogP contribution is -2.44. The Morgan fingerprint density at radius 3 is 2.71 bits per heavy atom. The summed E-state index contributed by atoms with van der Waals surface area (Å²) in [4.78, 5) is 24.7. The molecule has 1 amide bonds. The lowest BCUT2D eigenvalue weighted by molar-refractivity contribution is -0.384. The number of carbonyl (C=O) groups excluding carboxylic acids is 1. The second kappa shape index (κ2) is 5.89. The predicted molar refractivity (Wildman–Crippen MR) is 81.4 cm³/mol. The van der Waals surface area contributed by atoms with Crippen LogP contribution in [0.1, 0.15) is 37.0 Å². The Morgan fingerprint density at radius 2 is 2.14 bits per heavy atom. The zero-order valence-electron chi connectivity index (χ0n) is 12.0. The molecule has 1 fully saturated rings. The van der Waals surface area contributed by atoms with Crippen molar-refractivity contribution >= 4 is 28.9 Å². The van der Waals surface area contributed by atoms with Gasteiger partial charge in [0, 0.05) is 24.7 Å². The molecule has 21 heavy (non-hydrogen) atoms. The molecule has 6 nitrogen and oxygen atoms in total. The second-order valence-electron chi connectivity index (χ2n) is 5.62. The van der Waals surface area contributed by atoms with Gasteiger partial charge < -0.3 is 10.6 Å². The normalized spacial score (nSPS) is 22.1. The quantitative estimate of drug-likeness (QED) is 0.516. The highest BCUT2D eigenvalue weighted by atomic mass is 35.5. The van der Waals surface area contributed by atoms with Gasteiger partial charge in [-0.2, -0.15) is 0 Å². The molecule has 0 saturated carbocycles. The molecule has 2 rings (SSSR count). The van der Waals surface area contributed by atoms with Crippen molar-refractivity contribution in [3.63, 3.8) is 0 Å². The average Bonchev–Trinajstić information content (AvgIpc) is 2.40. The van der Waals surface area contributed by atoms with E-state index < -0.39 is 4.92 Å². The fraction of sp³-hybridized carbons (Fsp3) is 0.500. The van der Waals surface area contributed by atoms with Crippen molar-refractivity contribution in [2.75, 3.05) is 12.3 Å². The number of halogens is 1. The van der Waals surface area contributed by atoms with Crippen LogP contribution in [0.2, 0.25) is 5.02 Å². The van der Waals surface area contributed by atoms with Gasteiger partial charge in [-0.05, 0) is 25.7 Å². The van der Waals surface area contributed by atoms with Crippen molar-refractivity contribution in [3.8, 4) is 0 Å². The summed E-state index contributed by atoms with van der Waals surface area (Å²) in [7, 11) is 0. The summed E-state index contributed by atoms with van der Waals surface area (Å²) in [6, 6.07) is 2.45. The molecule has 0 radical (unpaired) electrons. The van der Waals surface area contributed by atoms with E-state index in [-0.39, 0.29) is 33.9 Å². The minimum absolute atomic E-state index is 0.0329. The Labute approximate surface area is 128 Å². The van der Waals surface area contributed by atoms with E-state index in [1.54, 1.807) is 4.90 Å². The van der Waals surface area contributed by atoms with Crippen LogP contribution in [0, 0.1) is 16.0 Å². The van der Waals surface area contributed by atoms with E-state index in [1.165, 1.54) is 6.07 Å². The van der Waals surface area contributed by atoms with Gasteiger partial charge in [-0.25, -0.2) is 0 Å². The van der Waals surface area contributed by atoms with Gasteiger partial charge in [-0.15, -0.1) is 0 Å². The van der Waals surface area contributed by atoms with Gasteiger partial charge in [0.05, 0.1) is 21.2 Å². The monoisotopic (exact) mass is 311 g/mol. The molecule has 1 aromatic carbocycles. The lowest BCUT2D eigenvalue weighted by Gasteiger charge is -2.36. The van der Waals surface area contributed by atoms with E-state index in [4.69, 9.17) is 17.3 Å². The van der Waals surface area contributed by atoms with E-state index >= 15 is 0 Å². The molecule has 1 aromatic rings. The molecule has 1 heterocycles. The third kappa shape index (κ3) is 3.10. The number of likely N-dealkylation sites (tertiary alicyclic amines) is 1. The summed E-state index contributed by atoms with van der Waals surface area (Å²) in [6.45, 7) is 4.75. The van der Waals surface area contributed by atoms with Crippen LogP contribution in [-0.2, 0) is 0 Å². The highest BCUT2D eigenvalue weighted by molar-refractivity contribution is 6.34. The van der Waals surface area contributed by atoms with E-state index in [1.807, 2.05) is 6.92 Å². The number of anilines is 1. The van der Waals surface area contributed by atoms with Crippen LogP contribution in [0.3, 0.4) is 0 Å². The number of nitro benzene ring substituents is 1. The first-order chi connectivity index (χ1) is 9.81. The standard InChI is InChI=1S/C14H18ClN3O3/c1-8-3-4-17(9(2)5-8)14(19)11-6-10(18(20)21)7-12(15)13(11)16/h6-9H,3-5,16H2,1-2H3. The minimum Gasteiger partial charge on any atom is -0.397 e. The molecule has 2 unspecified atom stereocenters. The van der Waals surface area contributed by atoms with Crippen LogP contribution in [0.25, 0.3) is 0 Å². The number of hydrogen-bond donors (Lipinski definition) is 1. The topological polar surface area (TPSA) is 89.5 Å². The molecular weight excluding hydrogens is 294 g/mol. The van der Waals surface area contributed by atoms with Crippen molar-refractivity contribution in [1.82, 2.24) is 4.90 Å². The van der Waals surface area contributed by atoms with Gasteiger partial charge in [-0.3, -0.25) is 14.9 Å². The predicted octanol–water partition coefficient (Wildman–Crippen LogP) is 3.09. The third-order valence-corrected chi connectivity index (χ3v) is 4.27. The largest absolute Gasteiger partial charge is 0.397 e. The van der Waals surface area contributed by atoms with E-state index in [9.17, 15) is 14.9 Å². The minimum atomic E-state index is -0.580. The number of non-ortho nitro benzene ring substituents is 1. The maximum absolute atomic E-state index is 12.6. The second-order valence-corrected chi connectivity index (χ2v) is 6.03. The SMILES string of the molecule is CC1CCN(C(=O)c2cc([N+](=O)[O-])cc(Cl)c2N)C(C)C1. The molecule has 0 aliphatic carbocycles. The van der Waals surface area contributed by atoms with Crippen LogP contribution < -0.4 is 5.73 Å². The molecule has 0 bridgehead atoms. The van der Waals surface area contributed by atoms with Crippen LogP contribution in [0.15, 0.2) is 12.1 Å². The van der Waals surface area contributed by atoms with E-state index in [2.05, 4.69) is 6.92 Å². The summed E-state index contributed by atoms with van der Waals surface area (Å²) >= 11 is 5.91. The smallest absolute Gasteiger partial charge is 0.271 e. The van der Waals surface area contributed by atoms with Crippen molar-refractivity contribution < 1.29 is 9.72 Å². The zero-order valence-corrected chi connectivity index (χ0v) is 12.8. The van der Waals surface area contributed by atoms with Crippen LogP contribution in [0.4, 0.5) is 11.4 Å². The van der Waals surface area contributed by atoms with Crippen LogP contribution in [-0.4, -0.2) is 28.3 Å². The molecule has 1 aliphatic heterocycles. The van der Waals surface area contributed by atoms with Gasteiger partial charge in [0.1, 0.15) is 0 Å². The number of nitrogen functional groups attached to an aromatic ring is 1. The van der Waals surface area contributed by atoms with Crippen molar-refractivity contribution in [2.24, 2.45) is 5.92 Å². The molecule has 0 spiro atoms. The number of carbonyl (C=O) groups is 1. The highest BCUT2D eigenvalue weighted by Crippen LogP contribution is 2.31. The summed E-state index contributed by atoms with van der Waals surface area (Å²) < 4.78 is 0. The zero-order chi connectivity index (χ0) is 15.7. The highest BCUT2D eigenvalue weighted by Gasteiger charge is 2.30. The van der Waals surface area contributed by atoms with Gasteiger partial charge in [0.2, 0.25) is 0 Å². The first-order valence-corrected chi connectivity index (χ1v) is 7.23. The number of nitrogens with two attached hydrogens (primary N) is 1. The van der Waals surface area contributed by atoms with E-state index in [0.29, 0.717) is 12.5 Å². The molecule has 1 aliphatic rings. The summed E-state index contributed by atoms with van der Waals surface area (Å²) in [5.74, 6) is 0.271. The first-order valence-electron chi connectivity index (χ1n) is 6.85. The molecule has 7 heteroatoms. The van der Waals surface area contributed by atoms with Gasteiger partial charge >= 0.3 is 0 Å². The van der Waals surface area contributed by atoms with Crippen LogP contribution in [0.5, 0.6) is 0 Å². The van der Waals surface area contributed by atoms with Gasteiger partial charge in [0.25, 0.3) is 11.6 Å². The number of benzene rings is 1. The maximum atomic E-state index is 12.6. The Hall–Kier alpha value is -1.82. The van der Waals surface area contributed by atoms with E-state index in [0.717, 1.165) is 18.9 Å². The van der Waals surface area contributed by atoms with Gasteiger partial charge in [0.15, 0.2) is 0 Å². The number of hydrogen-bond acceptors (Lipinski definition) is 4. The molecule has 2 atom stereocenters. The Bertz CT molecular complexity index is 591. The third-order valence-electron chi connectivity index (χ3n) is 3.95. The first kappa shape index (κ1) is 15.6. The Morgan fingerprint density at radius 1 is 1.48 bits per heavy atom. The van der Waals surface area contributed by atoms with Crippen molar-refractivity contribution in [1.29, 1.82) is 0 Å². The number of rotatable bonds is 2. The maximum Gasteiger partial charge on any atom is 0.271 e. The number of amides is 1. The van der Waals surface area contributed by atoms with Crippen molar-refractivity contribution in [3.05, 3.63) is 32.8 Å². The lowest BCUT2D eigenvalue weighted by atomic mass is 9.92. The number of nitrogens with zero attached hydrogens (tertiary/aromatic N) is 2. The Balaban J connectivity index is 2.37. The summed E-state index contributed by atoms with van der Waals surface area (Å²) in [5.41, 5.74) is 5.81. The van der Waals surface area contributed by atoms with Crippen molar-refractivity contribution in [2.45, 2.75) is 32.7 Å². The van der Waals surface area contributed by atoms with Crippen LogP contribution >= 0.6 is 11.6 Å². The summed E-state index contributed by atoms with van der Waals surface area (Å²) in [6.07, 6.45) is 1.83. The van der Waals surface area contributed by atoms with Gasteiger partial charge in [-0.1, -0.05) is 18.5 Å². The molecular formula is C14H18ClN3O3. The summed E-state index contributed by atoms with van der Waals surface area (Å²) in [5, 5.41) is 10.9. The number of piperidine rings is 1. The Kier molecular flexibility index (Phi) is 4.37. The molecule has 2 N–H and O–H groups in total. The molecule has 1 saturated heterocycles. The number of nitro groups is 1. The fourth-order valence-electron chi connectivity index (χ4n) is 2.75. The fourth-order valence-corrected chi connectivity index (χ4v) is 2.96.